The molecule has 1 aliphatic carbocycles. The molecule has 5 N–H and O–H groups in total. The summed E-state index contributed by atoms with van der Waals surface area (Å²) < 4.78 is 46.4. The van der Waals surface area contributed by atoms with Crippen LogP contribution >= 0.6 is 11.6 Å². The zero-order chi connectivity index (χ0) is 22.6. The van der Waals surface area contributed by atoms with E-state index in [2.05, 4.69) is 25.8 Å². The molecule has 1 amide bonds. The lowest BCUT2D eigenvalue weighted by Gasteiger charge is -2.26. The number of rotatable bonds is 6. The number of benzene rings is 1. The van der Waals surface area contributed by atoms with Gasteiger partial charge in [0.25, 0.3) is 0 Å². The van der Waals surface area contributed by atoms with Gasteiger partial charge in [-0.1, -0.05) is 30.7 Å². The van der Waals surface area contributed by atoms with E-state index in [0.29, 0.717) is 12.1 Å². The van der Waals surface area contributed by atoms with Crippen LogP contribution in [0.4, 0.5) is 35.5 Å². The number of nitrogen functional groups attached to an aromatic ring is 1. The van der Waals surface area contributed by atoms with Crippen LogP contribution in [0.2, 0.25) is 0 Å². The molecule has 1 unspecified atom stereocenters. The quantitative estimate of drug-likeness (QED) is 0.501. The van der Waals surface area contributed by atoms with Crippen LogP contribution in [0.15, 0.2) is 40.9 Å². The molecular weight excluding hydrogens is 437 g/mol. The zero-order valence-electron chi connectivity index (χ0n) is 16.4. The summed E-state index contributed by atoms with van der Waals surface area (Å²) in [5.41, 5.74) is 5.08. The van der Waals surface area contributed by atoms with Gasteiger partial charge in [0.1, 0.15) is 0 Å². The van der Waals surface area contributed by atoms with Gasteiger partial charge in [0.05, 0.1) is 18.2 Å². The summed E-state index contributed by atoms with van der Waals surface area (Å²) >= 11 is 6.30. The van der Waals surface area contributed by atoms with Crippen molar-refractivity contribution < 1.29 is 22.7 Å². The highest BCUT2D eigenvalue weighted by atomic mass is 35.5. The monoisotopic (exact) mass is 456 g/mol. The Morgan fingerprint density at radius 3 is 2.65 bits per heavy atom. The standard InChI is InChI=1S/C19H20ClF3N6O2/c1-2-7-31-18(30)26-11-5-3-10(4-6-11)15-13(19(21,22)23)8-12(9-14(15)20)25-17-27-16(24)28-29-17/h3-6,8,12H,2,7,9H2,1H3,(H,26,30)(H4,24,25,27,28,29). The molecule has 0 saturated carbocycles. The molecule has 1 aromatic heterocycles. The number of nitrogens with one attached hydrogen (secondary N) is 3. The van der Waals surface area contributed by atoms with Crippen molar-refractivity contribution in [3.63, 3.8) is 0 Å². The van der Waals surface area contributed by atoms with Gasteiger partial charge in [0.2, 0.25) is 11.9 Å². The zero-order valence-corrected chi connectivity index (χ0v) is 17.1. The van der Waals surface area contributed by atoms with Gasteiger partial charge in [-0.2, -0.15) is 18.2 Å². The minimum Gasteiger partial charge on any atom is -0.449 e. The Labute approximate surface area is 180 Å². The third kappa shape index (κ3) is 5.69. The van der Waals surface area contributed by atoms with Crippen molar-refractivity contribution in [1.82, 2.24) is 15.2 Å². The maximum Gasteiger partial charge on any atom is 0.416 e. The Morgan fingerprint density at radius 2 is 2.06 bits per heavy atom. The van der Waals surface area contributed by atoms with Crippen molar-refractivity contribution in [2.24, 2.45) is 0 Å². The Bertz CT molecular complexity index is 1000. The molecule has 8 nitrogen and oxygen atoms in total. The lowest BCUT2D eigenvalue weighted by Crippen LogP contribution is -2.26. The number of hydrogen-bond donors (Lipinski definition) is 4. The Balaban J connectivity index is 1.82. The number of aromatic nitrogens is 3. The highest BCUT2D eigenvalue weighted by Crippen LogP contribution is 2.44. The molecule has 12 heteroatoms. The van der Waals surface area contributed by atoms with Gasteiger partial charge in [-0.25, -0.2) is 9.89 Å². The normalized spacial score (nSPS) is 16.7. The number of halogens is 4. The molecule has 0 saturated heterocycles. The molecule has 3 rings (SSSR count). The number of hydrogen-bond acceptors (Lipinski definition) is 6. The van der Waals surface area contributed by atoms with Crippen LogP contribution in [0.5, 0.6) is 0 Å². The van der Waals surface area contributed by atoms with E-state index in [0.717, 1.165) is 6.08 Å². The second kappa shape index (κ2) is 9.29. The summed E-state index contributed by atoms with van der Waals surface area (Å²) in [6.45, 7) is 2.12. The van der Waals surface area contributed by atoms with Crippen LogP contribution < -0.4 is 16.4 Å². The van der Waals surface area contributed by atoms with Crippen LogP contribution in [0.25, 0.3) is 5.57 Å². The number of ether oxygens (including phenoxy) is 1. The largest absolute Gasteiger partial charge is 0.449 e. The fourth-order valence-corrected chi connectivity index (χ4v) is 3.38. The third-order valence-corrected chi connectivity index (χ3v) is 4.63. The minimum atomic E-state index is -4.64. The molecule has 0 bridgehead atoms. The summed E-state index contributed by atoms with van der Waals surface area (Å²) in [6.07, 6.45) is -3.47. The van der Waals surface area contributed by atoms with Crippen molar-refractivity contribution in [3.05, 3.63) is 46.5 Å². The summed E-state index contributed by atoms with van der Waals surface area (Å²) in [4.78, 5) is 15.5. The summed E-state index contributed by atoms with van der Waals surface area (Å²) in [5, 5.41) is 11.5. The lowest BCUT2D eigenvalue weighted by molar-refractivity contribution is -0.0875. The topological polar surface area (TPSA) is 118 Å². The number of alkyl halides is 3. The van der Waals surface area contributed by atoms with Crippen LogP contribution in [-0.2, 0) is 4.74 Å². The van der Waals surface area contributed by atoms with Crippen LogP contribution in [-0.4, -0.2) is 40.1 Å². The molecule has 0 fully saturated rings. The number of carbonyl (C=O) groups is 1. The number of nitrogens with zero attached hydrogens (tertiary/aromatic N) is 2. The van der Waals surface area contributed by atoms with Gasteiger partial charge in [0.15, 0.2) is 0 Å². The number of amides is 1. The molecule has 1 aromatic carbocycles. The van der Waals surface area contributed by atoms with E-state index in [4.69, 9.17) is 22.1 Å². The van der Waals surface area contributed by atoms with Crippen LogP contribution in [0.3, 0.4) is 0 Å². The molecule has 0 spiro atoms. The Morgan fingerprint density at radius 1 is 1.35 bits per heavy atom. The highest BCUT2D eigenvalue weighted by molar-refractivity contribution is 6.33. The first-order valence-corrected chi connectivity index (χ1v) is 9.71. The van der Waals surface area contributed by atoms with Gasteiger partial charge in [-0.05, 0) is 30.2 Å². The van der Waals surface area contributed by atoms with E-state index in [9.17, 15) is 18.0 Å². The number of aromatic amines is 1. The average Bonchev–Trinajstić information content (AvgIpc) is 3.10. The van der Waals surface area contributed by atoms with Crippen LogP contribution in [0.1, 0.15) is 25.3 Å². The smallest absolute Gasteiger partial charge is 0.416 e. The number of allylic oxidation sites excluding steroid dienone is 2. The Kier molecular flexibility index (Phi) is 6.74. The van der Waals surface area contributed by atoms with Crippen molar-refractivity contribution in [1.29, 1.82) is 0 Å². The van der Waals surface area contributed by atoms with Gasteiger partial charge >= 0.3 is 12.3 Å². The molecular formula is C19H20ClF3N6O2. The Hall–Kier alpha value is -3.21. The molecule has 31 heavy (non-hydrogen) atoms. The summed E-state index contributed by atoms with van der Waals surface area (Å²) in [7, 11) is 0. The van der Waals surface area contributed by atoms with Gasteiger partial charge in [-0.15, -0.1) is 5.10 Å². The predicted octanol–water partition coefficient (Wildman–Crippen LogP) is 4.67. The van der Waals surface area contributed by atoms with Crippen molar-refractivity contribution in [2.75, 3.05) is 23.0 Å². The number of H-pyrrole nitrogens is 1. The van der Waals surface area contributed by atoms with E-state index < -0.39 is 23.9 Å². The minimum absolute atomic E-state index is 0.0268. The predicted molar refractivity (Wildman–Crippen MR) is 111 cm³/mol. The van der Waals surface area contributed by atoms with E-state index in [-0.39, 0.29) is 41.1 Å². The first-order chi connectivity index (χ1) is 14.7. The fourth-order valence-electron chi connectivity index (χ4n) is 3.00. The molecule has 0 radical (unpaired) electrons. The first kappa shape index (κ1) is 22.5. The highest BCUT2D eigenvalue weighted by Gasteiger charge is 2.40. The number of nitrogens with two attached hydrogens (primary N) is 1. The van der Waals surface area contributed by atoms with Crippen molar-refractivity contribution in [3.8, 4) is 0 Å². The van der Waals surface area contributed by atoms with Gasteiger partial charge in [-0.3, -0.25) is 5.32 Å². The summed E-state index contributed by atoms with van der Waals surface area (Å²) in [6, 6.07) is 5.09. The van der Waals surface area contributed by atoms with Crippen molar-refractivity contribution >= 4 is 40.9 Å². The lowest BCUT2D eigenvalue weighted by atomic mass is 9.89. The molecule has 1 heterocycles. The second-order valence-electron chi connectivity index (χ2n) is 6.70. The van der Waals surface area contributed by atoms with E-state index >= 15 is 0 Å². The summed E-state index contributed by atoms with van der Waals surface area (Å²) in [5.74, 6) is 0.103. The maximum atomic E-state index is 13.8. The second-order valence-corrected chi connectivity index (χ2v) is 7.15. The maximum absolute atomic E-state index is 13.8. The average molecular weight is 457 g/mol. The molecule has 1 aliphatic rings. The van der Waals surface area contributed by atoms with Gasteiger partial charge < -0.3 is 15.8 Å². The first-order valence-electron chi connectivity index (χ1n) is 9.34. The molecule has 0 aliphatic heterocycles. The third-order valence-electron chi connectivity index (χ3n) is 4.29. The molecule has 2 aromatic rings. The number of anilines is 3. The molecule has 166 valence electrons. The van der Waals surface area contributed by atoms with E-state index in [1.54, 1.807) is 0 Å². The fraction of sp³-hybridized carbons (Fsp3) is 0.316. The van der Waals surface area contributed by atoms with Crippen molar-refractivity contribution in [2.45, 2.75) is 32.0 Å². The van der Waals surface area contributed by atoms with Crippen LogP contribution in [0, 0.1) is 0 Å². The number of carbonyl (C=O) groups excluding carboxylic acids is 1. The van der Waals surface area contributed by atoms with E-state index in [1.807, 2.05) is 6.92 Å². The van der Waals surface area contributed by atoms with Gasteiger partial charge in [0, 0.05) is 22.7 Å². The SMILES string of the molecule is CCCOC(=O)Nc1ccc(C2=C(Cl)CC(Nc3n[nH]c(N)n3)C=C2C(F)(F)F)cc1. The van der Waals surface area contributed by atoms with E-state index in [1.165, 1.54) is 24.3 Å². The molecule has 1 atom stereocenters.